The van der Waals surface area contributed by atoms with Crippen molar-refractivity contribution < 1.29 is 4.74 Å². The predicted octanol–water partition coefficient (Wildman–Crippen LogP) is 2.89. The van der Waals surface area contributed by atoms with Crippen LogP contribution in [0.3, 0.4) is 0 Å². The second-order valence-electron chi connectivity index (χ2n) is 6.07. The molecule has 0 N–H and O–H groups in total. The van der Waals surface area contributed by atoms with E-state index in [2.05, 4.69) is 39.8 Å². The number of piperidine rings is 1. The highest BCUT2D eigenvalue weighted by Crippen LogP contribution is 2.29. The molecule has 1 aliphatic heterocycles. The first-order chi connectivity index (χ1) is 10.7. The zero-order valence-electron chi connectivity index (χ0n) is 13.7. The molecule has 5 heteroatoms. The number of rotatable bonds is 4. The van der Waals surface area contributed by atoms with Gasteiger partial charge in [0.2, 0.25) is 0 Å². The molecular weight excluding hydrogens is 276 g/mol. The number of hydrogen-bond acceptors (Lipinski definition) is 5. The van der Waals surface area contributed by atoms with E-state index in [1.54, 1.807) is 6.33 Å². The van der Waals surface area contributed by atoms with Crippen molar-refractivity contribution in [3.05, 3.63) is 23.7 Å². The summed E-state index contributed by atoms with van der Waals surface area (Å²) in [5.74, 6) is 1.70. The van der Waals surface area contributed by atoms with Crippen LogP contribution in [0.1, 0.15) is 31.0 Å². The number of pyridine rings is 1. The van der Waals surface area contributed by atoms with Crippen LogP contribution in [0.25, 0.3) is 11.0 Å². The number of hydrogen-bond donors (Lipinski definition) is 0. The monoisotopic (exact) mass is 300 g/mol. The van der Waals surface area contributed by atoms with E-state index in [4.69, 9.17) is 4.74 Å². The molecule has 0 radical (unpaired) electrons. The zero-order chi connectivity index (χ0) is 15.5. The molecule has 1 saturated heterocycles. The summed E-state index contributed by atoms with van der Waals surface area (Å²) in [6.07, 6.45) is 3.95. The third-order valence-corrected chi connectivity index (χ3v) is 4.38. The molecule has 5 nitrogen and oxygen atoms in total. The Balaban J connectivity index is 1.83. The summed E-state index contributed by atoms with van der Waals surface area (Å²) in [6, 6.07) is 2.11. The first-order valence-electron chi connectivity index (χ1n) is 8.10. The zero-order valence-corrected chi connectivity index (χ0v) is 13.7. The molecule has 2 aromatic heterocycles. The van der Waals surface area contributed by atoms with Gasteiger partial charge in [0.15, 0.2) is 5.65 Å². The molecule has 1 aliphatic rings. The highest BCUT2D eigenvalue weighted by molar-refractivity contribution is 5.90. The van der Waals surface area contributed by atoms with Crippen LogP contribution in [0.15, 0.2) is 12.4 Å². The SMILES string of the molecule is CCOCC1CCN(c2ncnc3nc(C)cc(C)c23)CC1. The minimum Gasteiger partial charge on any atom is -0.381 e. The fraction of sp³-hybridized carbons (Fsp3) is 0.588. The minimum absolute atomic E-state index is 0.672. The summed E-state index contributed by atoms with van der Waals surface area (Å²) >= 11 is 0. The van der Waals surface area contributed by atoms with E-state index < -0.39 is 0 Å². The Bertz CT molecular complexity index is 650. The lowest BCUT2D eigenvalue weighted by Crippen LogP contribution is -2.35. The van der Waals surface area contributed by atoms with E-state index in [0.717, 1.165) is 61.7 Å². The Morgan fingerprint density at radius 2 is 2.00 bits per heavy atom. The standard InChI is InChI=1S/C17H24N4O/c1-4-22-10-14-5-7-21(8-6-14)17-15-12(2)9-13(3)20-16(15)18-11-19-17/h9,11,14H,4-8,10H2,1-3H3. The highest BCUT2D eigenvalue weighted by Gasteiger charge is 2.22. The topological polar surface area (TPSA) is 51.1 Å². The second kappa shape index (κ2) is 6.57. The van der Waals surface area contributed by atoms with Gasteiger partial charge >= 0.3 is 0 Å². The molecule has 0 amide bonds. The van der Waals surface area contributed by atoms with Crippen LogP contribution in [0.4, 0.5) is 5.82 Å². The van der Waals surface area contributed by atoms with Crippen molar-refractivity contribution in [1.82, 2.24) is 15.0 Å². The summed E-state index contributed by atoms with van der Waals surface area (Å²) in [5, 5.41) is 1.09. The second-order valence-corrected chi connectivity index (χ2v) is 6.07. The maximum atomic E-state index is 5.56. The highest BCUT2D eigenvalue weighted by atomic mass is 16.5. The number of fused-ring (bicyclic) bond motifs is 1. The number of ether oxygens (including phenoxy) is 1. The molecule has 0 aromatic carbocycles. The lowest BCUT2D eigenvalue weighted by atomic mass is 9.97. The van der Waals surface area contributed by atoms with Crippen LogP contribution in [0, 0.1) is 19.8 Å². The van der Waals surface area contributed by atoms with Gasteiger partial charge in [-0.1, -0.05) is 0 Å². The smallest absolute Gasteiger partial charge is 0.165 e. The van der Waals surface area contributed by atoms with Crippen LogP contribution in [-0.4, -0.2) is 41.3 Å². The van der Waals surface area contributed by atoms with Crippen LogP contribution < -0.4 is 4.90 Å². The molecule has 0 unspecified atom stereocenters. The fourth-order valence-electron chi connectivity index (χ4n) is 3.23. The Hall–Kier alpha value is -1.75. The summed E-state index contributed by atoms with van der Waals surface area (Å²) in [6.45, 7) is 9.92. The van der Waals surface area contributed by atoms with Gasteiger partial charge in [0, 0.05) is 32.0 Å². The molecular formula is C17H24N4O. The van der Waals surface area contributed by atoms with Gasteiger partial charge in [-0.15, -0.1) is 0 Å². The molecule has 0 bridgehead atoms. The van der Waals surface area contributed by atoms with Gasteiger partial charge in [0.05, 0.1) is 5.39 Å². The van der Waals surface area contributed by atoms with E-state index in [-0.39, 0.29) is 0 Å². The summed E-state index contributed by atoms with van der Waals surface area (Å²) < 4.78 is 5.56. The van der Waals surface area contributed by atoms with Crippen LogP contribution in [0.5, 0.6) is 0 Å². The number of aryl methyl sites for hydroxylation is 2. The normalized spacial score (nSPS) is 16.4. The van der Waals surface area contributed by atoms with Crippen molar-refractivity contribution in [2.45, 2.75) is 33.6 Å². The lowest BCUT2D eigenvalue weighted by Gasteiger charge is -2.33. The van der Waals surface area contributed by atoms with Crippen LogP contribution in [0.2, 0.25) is 0 Å². The Labute approximate surface area is 131 Å². The number of anilines is 1. The molecule has 0 aliphatic carbocycles. The van der Waals surface area contributed by atoms with Crippen LogP contribution in [-0.2, 0) is 4.74 Å². The van der Waals surface area contributed by atoms with Gasteiger partial charge in [0.25, 0.3) is 0 Å². The van der Waals surface area contributed by atoms with Crippen molar-refractivity contribution >= 4 is 16.9 Å². The minimum atomic E-state index is 0.672. The molecule has 2 aromatic rings. The van der Waals surface area contributed by atoms with Gasteiger partial charge in [-0.3, -0.25) is 0 Å². The first-order valence-corrected chi connectivity index (χ1v) is 8.10. The van der Waals surface area contributed by atoms with E-state index in [1.807, 2.05) is 6.92 Å². The molecule has 1 fully saturated rings. The quantitative estimate of drug-likeness (QED) is 0.869. The largest absolute Gasteiger partial charge is 0.381 e. The van der Waals surface area contributed by atoms with E-state index in [0.29, 0.717) is 5.92 Å². The van der Waals surface area contributed by atoms with E-state index in [9.17, 15) is 0 Å². The Kier molecular flexibility index (Phi) is 4.52. The van der Waals surface area contributed by atoms with Crippen molar-refractivity contribution in [3.63, 3.8) is 0 Å². The third kappa shape index (κ3) is 3.04. The predicted molar refractivity (Wildman–Crippen MR) is 88.2 cm³/mol. The van der Waals surface area contributed by atoms with Crippen LogP contribution >= 0.6 is 0 Å². The van der Waals surface area contributed by atoms with E-state index in [1.165, 1.54) is 5.56 Å². The molecule has 0 saturated carbocycles. The maximum Gasteiger partial charge on any atom is 0.165 e. The molecule has 3 rings (SSSR count). The average Bonchev–Trinajstić information content (AvgIpc) is 2.52. The first kappa shape index (κ1) is 15.2. The van der Waals surface area contributed by atoms with Gasteiger partial charge in [-0.2, -0.15) is 0 Å². The summed E-state index contributed by atoms with van der Waals surface area (Å²) in [5.41, 5.74) is 3.01. The molecule has 0 atom stereocenters. The lowest BCUT2D eigenvalue weighted by molar-refractivity contribution is 0.100. The molecule has 22 heavy (non-hydrogen) atoms. The number of nitrogens with zero attached hydrogens (tertiary/aromatic N) is 4. The molecule has 118 valence electrons. The number of aromatic nitrogens is 3. The average molecular weight is 300 g/mol. The van der Waals surface area contributed by atoms with Crippen molar-refractivity contribution in [3.8, 4) is 0 Å². The van der Waals surface area contributed by atoms with Crippen molar-refractivity contribution in [2.24, 2.45) is 5.92 Å². The fourth-order valence-corrected chi connectivity index (χ4v) is 3.23. The Morgan fingerprint density at radius 3 is 2.73 bits per heavy atom. The van der Waals surface area contributed by atoms with Gasteiger partial charge in [-0.05, 0) is 51.2 Å². The summed E-state index contributed by atoms with van der Waals surface area (Å²) in [7, 11) is 0. The van der Waals surface area contributed by atoms with Gasteiger partial charge < -0.3 is 9.64 Å². The molecule has 3 heterocycles. The van der Waals surface area contributed by atoms with Gasteiger partial charge in [0.1, 0.15) is 12.1 Å². The maximum absolute atomic E-state index is 5.56. The van der Waals surface area contributed by atoms with Gasteiger partial charge in [-0.25, -0.2) is 15.0 Å². The Morgan fingerprint density at radius 1 is 1.23 bits per heavy atom. The van der Waals surface area contributed by atoms with E-state index >= 15 is 0 Å². The van der Waals surface area contributed by atoms with Crippen molar-refractivity contribution in [1.29, 1.82) is 0 Å². The van der Waals surface area contributed by atoms with Crippen molar-refractivity contribution in [2.75, 3.05) is 31.2 Å². The summed E-state index contributed by atoms with van der Waals surface area (Å²) in [4.78, 5) is 15.8. The molecule has 0 spiro atoms. The third-order valence-electron chi connectivity index (χ3n) is 4.38.